The Morgan fingerprint density at radius 3 is 3.04 bits per heavy atom. The van der Waals surface area contributed by atoms with Crippen LogP contribution in [0.4, 0.5) is 0 Å². The third-order valence-electron chi connectivity index (χ3n) is 4.31. The van der Waals surface area contributed by atoms with E-state index in [0.29, 0.717) is 42.8 Å². The van der Waals surface area contributed by atoms with Crippen LogP contribution in [0.2, 0.25) is 0 Å². The maximum atomic E-state index is 8.91. The van der Waals surface area contributed by atoms with Gasteiger partial charge in [0.25, 0.3) is 5.88 Å². The van der Waals surface area contributed by atoms with E-state index >= 15 is 0 Å². The predicted octanol–water partition coefficient (Wildman–Crippen LogP) is 2.74. The number of benzene rings is 1. The summed E-state index contributed by atoms with van der Waals surface area (Å²) in [5.74, 6) is 2.16. The summed E-state index contributed by atoms with van der Waals surface area (Å²) in [7, 11) is 0. The largest absolute Gasteiger partial charge is 0.483 e. The molecule has 1 atom stereocenters. The first-order chi connectivity index (χ1) is 12.7. The third-order valence-corrected chi connectivity index (χ3v) is 4.31. The molecule has 0 spiro atoms. The zero-order chi connectivity index (χ0) is 18.0. The van der Waals surface area contributed by atoms with E-state index in [4.69, 9.17) is 19.1 Å². The van der Waals surface area contributed by atoms with E-state index in [1.165, 1.54) is 0 Å². The molecule has 7 heteroatoms. The Bertz CT molecular complexity index is 911. The van der Waals surface area contributed by atoms with E-state index in [0.717, 1.165) is 11.1 Å². The van der Waals surface area contributed by atoms with Gasteiger partial charge in [-0.3, -0.25) is 0 Å². The molecule has 1 aliphatic heterocycles. The number of aromatic nitrogens is 3. The van der Waals surface area contributed by atoms with Crippen LogP contribution in [-0.4, -0.2) is 33.4 Å². The van der Waals surface area contributed by atoms with Gasteiger partial charge < -0.3 is 19.1 Å². The van der Waals surface area contributed by atoms with E-state index in [1.54, 1.807) is 6.20 Å². The van der Waals surface area contributed by atoms with E-state index in [-0.39, 0.29) is 6.61 Å². The Kier molecular flexibility index (Phi) is 4.30. The van der Waals surface area contributed by atoms with Crippen molar-refractivity contribution in [2.24, 2.45) is 0 Å². The molecule has 0 fully saturated rings. The van der Waals surface area contributed by atoms with Crippen LogP contribution in [0.15, 0.2) is 47.1 Å². The van der Waals surface area contributed by atoms with Crippen LogP contribution in [-0.2, 0) is 12.0 Å². The lowest BCUT2D eigenvalue weighted by Crippen LogP contribution is -2.39. The highest BCUT2D eigenvalue weighted by atomic mass is 16.6. The van der Waals surface area contributed by atoms with E-state index in [9.17, 15) is 0 Å². The predicted molar refractivity (Wildman–Crippen MR) is 92.9 cm³/mol. The molecule has 3 heterocycles. The Morgan fingerprint density at radius 2 is 2.15 bits per heavy atom. The van der Waals surface area contributed by atoms with Gasteiger partial charge in [0, 0.05) is 24.8 Å². The maximum Gasteiger partial charge on any atom is 0.258 e. The van der Waals surface area contributed by atoms with Gasteiger partial charge in [-0.05, 0) is 37.1 Å². The van der Waals surface area contributed by atoms with E-state index in [1.807, 2.05) is 43.3 Å². The highest BCUT2D eigenvalue weighted by Crippen LogP contribution is 2.38. The van der Waals surface area contributed by atoms with Crippen molar-refractivity contribution in [3.05, 3.63) is 54.0 Å². The normalized spacial score (nSPS) is 18.7. The van der Waals surface area contributed by atoms with Gasteiger partial charge in [0.1, 0.15) is 6.61 Å². The van der Waals surface area contributed by atoms with Gasteiger partial charge >= 0.3 is 0 Å². The third kappa shape index (κ3) is 3.13. The van der Waals surface area contributed by atoms with Crippen molar-refractivity contribution >= 4 is 0 Å². The molecule has 1 aliphatic rings. The Hall–Kier alpha value is -2.93. The number of pyridine rings is 1. The van der Waals surface area contributed by atoms with Crippen molar-refractivity contribution in [1.82, 2.24) is 15.1 Å². The molecule has 1 N–H and O–H groups in total. The average molecular weight is 353 g/mol. The minimum atomic E-state index is -0.666. The number of rotatable bonds is 5. The van der Waals surface area contributed by atoms with Crippen molar-refractivity contribution in [1.29, 1.82) is 0 Å². The van der Waals surface area contributed by atoms with Crippen molar-refractivity contribution in [3.8, 4) is 23.0 Å². The first kappa shape index (κ1) is 16.5. The van der Waals surface area contributed by atoms with Gasteiger partial charge in [0.05, 0.1) is 0 Å². The summed E-state index contributed by atoms with van der Waals surface area (Å²) in [6.45, 7) is 2.44. The first-order valence-corrected chi connectivity index (χ1v) is 8.49. The highest BCUT2D eigenvalue weighted by Gasteiger charge is 2.36. The summed E-state index contributed by atoms with van der Waals surface area (Å²) in [6, 6.07) is 11.5. The standard InChI is InChI=1S/C19H19N3O4/c1-19(12-24-15-7-3-9-20-18(15)25-19)14-6-2-5-13(11-14)17-21-16(26-22-17)8-4-10-23/h2-3,5-7,9,11,23H,4,8,10,12H2,1H3/t19-/m0/s1. The molecule has 26 heavy (non-hydrogen) atoms. The second kappa shape index (κ2) is 6.76. The lowest BCUT2D eigenvalue weighted by atomic mass is 9.94. The Morgan fingerprint density at radius 1 is 1.23 bits per heavy atom. The Balaban J connectivity index is 1.61. The molecule has 0 bridgehead atoms. The molecule has 0 unspecified atom stereocenters. The summed E-state index contributed by atoms with van der Waals surface area (Å²) in [4.78, 5) is 8.63. The summed E-state index contributed by atoms with van der Waals surface area (Å²) in [5, 5.41) is 12.9. The molecule has 4 rings (SSSR count). The molecule has 0 saturated carbocycles. The lowest BCUT2D eigenvalue weighted by molar-refractivity contribution is -0.00246. The zero-order valence-corrected chi connectivity index (χ0v) is 14.4. The van der Waals surface area contributed by atoms with Gasteiger partial charge in [-0.15, -0.1) is 0 Å². The molecule has 0 aliphatic carbocycles. The minimum Gasteiger partial charge on any atom is -0.483 e. The van der Waals surface area contributed by atoms with Crippen LogP contribution in [0.1, 0.15) is 24.8 Å². The van der Waals surface area contributed by atoms with Crippen molar-refractivity contribution < 1.29 is 19.1 Å². The number of fused-ring (bicyclic) bond motifs is 1. The van der Waals surface area contributed by atoms with Crippen LogP contribution >= 0.6 is 0 Å². The van der Waals surface area contributed by atoms with Gasteiger partial charge in [-0.1, -0.05) is 23.4 Å². The molecule has 0 amide bonds. The fourth-order valence-electron chi connectivity index (χ4n) is 2.85. The number of aliphatic hydroxyl groups is 1. The van der Waals surface area contributed by atoms with Crippen molar-refractivity contribution in [2.45, 2.75) is 25.4 Å². The molecule has 3 aromatic rings. The molecule has 0 saturated heterocycles. The topological polar surface area (TPSA) is 90.5 Å². The zero-order valence-electron chi connectivity index (χ0n) is 14.4. The number of nitrogens with zero attached hydrogens (tertiary/aromatic N) is 3. The first-order valence-electron chi connectivity index (χ1n) is 8.49. The van der Waals surface area contributed by atoms with Gasteiger partial charge in [-0.25, -0.2) is 4.98 Å². The molecular weight excluding hydrogens is 334 g/mol. The van der Waals surface area contributed by atoms with Crippen LogP contribution in [0.3, 0.4) is 0 Å². The fraction of sp³-hybridized carbons (Fsp3) is 0.316. The van der Waals surface area contributed by atoms with E-state index < -0.39 is 5.60 Å². The number of aryl methyl sites for hydroxylation is 1. The van der Waals surface area contributed by atoms with Crippen molar-refractivity contribution in [3.63, 3.8) is 0 Å². The molecule has 134 valence electrons. The van der Waals surface area contributed by atoms with Crippen LogP contribution in [0.5, 0.6) is 11.6 Å². The fourth-order valence-corrected chi connectivity index (χ4v) is 2.85. The van der Waals surface area contributed by atoms with Crippen LogP contribution in [0, 0.1) is 0 Å². The minimum absolute atomic E-state index is 0.0956. The summed E-state index contributed by atoms with van der Waals surface area (Å²) in [6.07, 6.45) is 2.83. The summed E-state index contributed by atoms with van der Waals surface area (Å²) >= 11 is 0. The molecule has 0 radical (unpaired) electrons. The molecule has 7 nitrogen and oxygen atoms in total. The lowest BCUT2D eigenvalue weighted by Gasteiger charge is -2.35. The molecule has 2 aromatic heterocycles. The van der Waals surface area contributed by atoms with Crippen LogP contribution < -0.4 is 9.47 Å². The number of ether oxygens (including phenoxy) is 2. The SMILES string of the molecule is C[C@@]1(c2cccc(-c3noc(CCCO)n3)c2)COc2cccnc2O1. The van der Waals surface area contributed by atoms with Crippen molar-refractivity contribution in [2.75, 3.05) is 13.2 Å². The quantitative estimate of drug-likeness (QED) is 0.754. The number of hydrogen-bond donors (Lipinski definition) is 1. The van der Waals surface area contributed by atoms with Gasteiger partial charge in [-0.2, -0.15) is 4.98 Å². The smallest absolute Gasteiger partial charge is 0.258 e. The van der Waals surface area contributed by atoms with E-state index in [2.05, 4.69) is 15.1 Å². The molecular formula is C19H19N3O4. The second-order valence-electron chi connectivity index (χ2n) is 6.35. The van der Waals surface area contributed by atoms with Gasteiger partial charge in [0.2, 0.25) is 11.7 Å². The highest BCUT2D eigenvalue weighted by molar-refractivity contribution is 5.56. The molecule has 1 aromatic carbocycles. The maximum absolute atomic E-state index is 8.91. The summed E-state index contributed by atoms with van der Waals surface area (Å²) in [5.41, 5.74) is 1.10. The second-order valence-corrected chi connectivity index (χ2v) is 6.35. The number of aliphatic hydroxyl groups excluding tert-OH is 1. The van der Waals surface area contributed by atoms with Gasteiger partial charge in [0.15, 0.2) is 11.4 Å². The van der Waals surface area contributed by atoms with Crippen LogP contribution in [0.25, 0.3) is 11.4 Å². The Labute approximate surface area is 150 Å². The summed E-state index contributed by atoms with van der Waals surface area (Å²) < 4.78 is 17.2. The number of hydrogen-bond acceptors (Lipinski definition) is 7. The average Bonchev–Trinajstić information content (AvgIpc) is 3.15. The monoisotopic (exact) mass is 353 g/mol.